The van der Waals surface area contributed by atoms with Crippen LogP contribution in [0, 0.1) is 0 Å². The monoisotopic (exact) mass is 263 g/mol. The molecule has 2 unspecified atom stereocenters. The van der Waals surface area contributed by atoms with E-state index in [4.69, 9.17) is 4.74 Å². The lowest BCUT2D eigenvalue weighted by Gasteiger charge is -2.39. The Kier molecular flexibility index (Phi) is 4.04. The summed E-state index contributed by atoms with van der Waals surface area (Å²) in [7, 11) is -3.32. The summed E-state index contributed by atoms with van der Waals surface area (Å²) in [5, 5.41) is 3.16. The first-order valence-corrected chi connectivity index (χ1v) is 7.51. The van der Waals surface area contributed by atoms with Gasteiger partial charge in [0.25, 0.3) is 10.2 Å². The second kappa shape index (κ2) is 5.19. The van der Waals surface area contributed by atoms with Crippen LogP contribution in [0.3, 0.4) is 0 Å². The van der Waals surface area contributed by atoms with E-state index in [1.165, 1.54) is 0 Å². The minimum atomic E-state index is -3.32. The summed E-state index contributed by atoms with van der Waals surface area (Å²) in [5.74, 6) is 0. The average Bonchev–Trinajstić information content (AvgIpc) is 2.33. The van der Waals surface area contributed by atoms with Crippen LogP contribution in [0.1, 0.15) is 13.8 Å². The summed E-state index contributed by atoms with van der Waals surface area (Å²) in [6.07, 6.45) is -0.0242. The van der Waals surface area contributed by atoms with E-state index in [1.54, 1.807) is 8.61 Å². The van der Waals surface area contributed by atoms with Gasteiger partial charge in [-0.2, -0.15) is 17.0 Å². The van der Waals surface area contributed by atoms with Gasteiger partial charge in [0.05, 0.1) is 12.7 Å². The molecule has 1 N–H and O–H groups in total. The second-order valence-electron chi connectivity index (χ2n) is 4.72. The van der Waals surface area contributed by atoms with E-state index in [0.29, 0.717) is 26.2 Å². The molecule has 2 atom stereocenters. The fraction of sp³-hybridized carbons (Fsp3) is 1.00. The molecule has 0 aromatic rings. The van der Waals surface area contributed by atoms with Gasteiger partial charge in [0, 0.05) is 38.8 Å². The minimum absolute atomic E-state index is 0.0242. The van der Waals surface area contributed by atoms with Crippen molar-refractivity contribution in [1.29, 1.82) is 0 Å². The van der Waals surface area contributed by atoms with E-state index in [-0.39, 0.29) is 12.1 Å². The highest BCUT2D eigenvalue weighted by molar-refractivity contribution is 7.86. The molecule has 0 aromatic heterocycles. The molecule has 2 aliphatic heterocycles. The zero-order valence-electron chi connectivity index (χ0n) is 10.4. The molecule has 6 nitrogen and oxygen atoms in total. The Morgan fingerprint density at radius 2 is 1.88 bits per heavy atom. The summed E-state index contributed by atoms with van der Waals surface area (Å²) in [6.45, 7) is 7.31. The number of ether oxygens (including phenoxy) is 1. The molecule has 2 aliphatic rings. The van der Waals surface area contributed by atoms with Gasteiger partial charge >= 0.3 is 0 Å². The van der Waals surface area contributed by atoms with Crippen molar-refractivity contribution in [1.82, 2.24) is 13.9 Å². The van der Waals surface area contributed by atoms with Crippen LogP contribution < -0.4 is 5.32 Å². The number of nitrogens with one attached hydrogen (secondary N) is 1. The van der Waals surface area contributed by atoms with Crippen molar-refractivity contribution in [3.63, 3.8) is 0 Å². The molecule has 0 amide bonds. The van der Waals surface area contributed by atoms with E-state index < -0.39 is 10.2 Å². The molecule has 2 saturated heterocycles. The number of hydrogen-bond donors (Lipinski definition) is 1. The van der Waals surface area contributed by atoms with Crippen molar-refractivity contribution >= 4 is 10.2 Å². The van der Waals surface area contributed by atoms with Gasteiger partial charge in [-0.05, 0) is 13.8 Å². The van der Waals surface area contributed by atoms with Crippen LogP contribution in [0.4, 0.5) is 0 Å². The molecule has 0 saturated carbocycles. The highest BCUT2D eigenvalue weighted by atomic mass is 32.2. The van der Waals surface area contributed by atoms with Crippen LogP contribution in [0.2, 0.25) is 0 Å². The molecule has 2 heterocycles. The predicted molar refractivity (Wildman–Crippen MR) is 64.9 cm³/mol. The van der Waals surface area contributed by atoms with Crippen molar-refractivity contribution in [2.24, 2.45) is 0 Å². The van der Waals surface area contributed by atoms with E-state index >= 15 is 0 Å². The maximum Gasteiger partial charge on any atom is 0.282 e. The third kappa shape index (κ3) is 2.79. The topological polar surface area (TPSA) is 61.9 Å². The highest BCUT2D eigenvalue weighted by Gasteiger charge is 2.37. The Morgan fingerprint density at radius 1 is 1.24 bits per heavy atom. The van der Waals surface area contributed by atoms with Crippen molar-refractivity contribution < 1.29 is 13.2 Å². The van der Waals surface area contributed by atoms with E-state index in [9.17, 15) is 8.42 Å². The molecule has 0 spiro atoms. The molecule has 7 heteroatoms. The van der Waals surface area contributed by atoms with Crippen LogP contribution in [-0.4, -0.2) is 68.5 Å². The smallest absolute Gasteiger partial charge is 0.282 e. The second-order valence-corrected chi connectivity index (χ2v) is 6.60. The molecule has 0 aromatic carbocycles. The molecule has 2 rings (SSSR count). The van der Waals surface area contributed by atoms with Crippen molar-refractivity contribution in [2.45, 2.75) is 26.0 Å². The lowest BCUT2D eigenvalue weighted by Crippen LogP contribution is -2.57. The quantitative estimate of drug-likeness (QED) is 0.712. The Hall–Kier alpha value is -0.210. The Bertz CT molecular complexity index is 354. The Balaban J connectivity index is 2.12. The molecule has 2 fully saturated rings. The molecule has 0 bridgehead atoms. The fourth-order valence-corrected chi connectivity index (χ4v) is 4.07. The van der Waals surface area contributed by atoms with Crippen LogP contribution >= 0.6 is 0 Å². The highest BCUT2D eigenvalue weighted by Crippen LogP contribution is 2.19. The standard InChI is InChI=1S/C10H21N3O3S/c1-9-8-16-10(2)7-13(9)17(14,15)12-5-3-11-4-6-12/h9-11H,3-8H2,1-2H3. The summed E-state index contributed by atoms with van der Waals surface area (Å²) in [5.41, 5.74) is 0. The fourth-order valence-electron chi connectivity index (χ4n) is 2.22. The van der Waals surface area contributed by atoms with Gasteiger partial charge in [-0.25, -0.2) is 0 Å². The Morgan fingerprint density at radius 3 is 2.53 bits per heavy atom. The van der Waals surface area contributed by atoms with E-state index in [1.807, 2.05) is 13.8 Å². The molecular formula is C10H21N3O3S. The third-order valence-electron chi connectivity index (χ3n) is 3.25. The van der Waals surface area contributed by atoms with Crippen LogP contribution in [0.15, 0.2) is 0 Å². The molecule has 0 radical (unpaired) electrons. The lowest BCUT2D eigenvalue weighted by atomic mass is 10.2. The lowest BCUT2D eigenvalue weighted by molar-refractivity contribution is -0.0191. The first kappa shape index (κ1) is 13.2. The normalized spacial score (nSPS) is 33.8. The van der Waals surface area contributed by atoms with Crippen molar-refractivity contribution in [2.75, 3.05) is 39.3 Å². The zero-order valence-corrected chi connectivity index (χ0v) is 11.2. The van der Waals surface area contributed by atoms with Gasteiger partial charge in [-0.15, -0.1) is 0 Å². The number of piperazine rings is 1. The van der Waals surface area contributed by atoms with Crippen LogP contribution in [0.5, 0.6) is 0 Å². The van der Waals surface area contributed by atoms with Gasteiger partial charge in [0.1, 0.15) is 0 Å². The third-order valence-corrected chi connectivity index (χ3v) is 5.37. The zero-order chi connectivity index (χ0) is 12.5. The van der Waals surface area contributed by atoms with Gasteiger partial charge in [-0.1, -0.05) is 0 Å². The molecule has 0 aliphatic carbocycles. The van der Waals surface area contributed by atoms with Crippen LogP contribution in [0.25, 0.3) is 0 Å². The predicted octanol–water partition coefficient (Wildman–Crippen LogP) is -0.754. The number of rotatable bonds is 2. The van der Waals surface area contributed by atoms with Gasteiger partial charge in [0.15, 0.2) is 0 Å². The number of nitrogens with zero attached hydrogens (tertiary/aromatic N) is 2. The summed E-state index contributed by atoms with van der Waals surface area (Å²) in [4.78, 5) is 0. The maximum atomic E-state index is 12.5. The van der Waals surface area contributed by atoms with Crippen molar-refractivity contribution in [3.8, 4) is 0 Å². The molecule has 100 valence electrons. The molecular weight excluding hydrogens is 242 g/mol. The van der Waals surface area contributed by atoms with Crippen molar-refractivity contribution in [3.05, 3.63) is 0 Å². The largest absolute Gasteiger partial charge is 0.375 e. The molecule has 17 heavy (non-hydrogen) atoms. The van der Waals surface area contributed by atoms with E-state index in [0.717, 1.165) is 13.1 Å². The van der Waals surface area contributed by atoms with Gasteiger partial charge < -0.3 is 10.1 Å². The SMILES string of the molecule is CC1CN(S(=O)(=O)N2CCNCC2)C(C)CO1. The average molecular weight is 263 g/mol. The van der Waals surface area contributed by atoms with E-state index in [2.05, 4.69) is 5.32 Å². The summed E-state index contributed by atoms with van der Waals surface area (Å²) >= 11 is 0. The van der Waals surface area contributed by atoms with Gasteiger partial charge in [-0.3, -0.25) is 0 Å². The number of morpholine rings is 1. The Labute approximate surface area is 103 Å². The minimum Gasteiger partial charge on any atom is -0.375 e. The number of hydrogen-bond acceptors (Lipinski definition) is 4. The maximum absolute atomic E-state index is 12.5. The van der Waals surface area contributed by atoms with Gasteiger partial charge in [0.2, 0.25) is 0 Å². The first-order chi connectivity index (χ1) is 8.01. The summed E-state index contributed by atoms with van der Waals surface area (Å²) in [6, 6.07) is -0.0777. The summed E-state index contributed by atoms with van der Waals surface area (Å²) < 4.78 is 33.5. The first-order valence-electron chi connectivity index (χ1n) is 6.11. The van der Waals surface area contributed by atoms with Crippen LogP contribution in [-0.2, 0) is 14.9 Å².